The molecule has 0 unspecified atom stereocenters. The summed E-state index contributed by atoms with van der Waals surface area (Å²) in [6, 6.07) is 12.5. The average molecular weight is 378 g/mol. The van der Waals surface area contributed by atoms with Crippen LogP contribution in [0.5, 0.6) is 11.5 Å². The van der Waals surface area contributed by atoms with Crippen molar-refractivity contribution in [1.29, 1.82) is 0 Å². The minimum Gasteiger partial charge on any atom is -0.486 e. The first-order valence-corrected chi connectivity index (χ1v) is 9.54. The number of hydrogen-bond acceptors (Lipinski definition) is 4. The van der Waals surface area contributed by atoms with Gasteiger partial charge in [0.25, 0.3) is 0 Å². The van der Waals surface area contributed by atoms with Crippen LogP contribution in [-0.2, 0) is 5.75 Å². The lowest BCUT2D eigenvalue weighted by Crippen LogP contribution is -2.30. The molecule has 0 spiro atoms. The van der Waals surface area contributed by atoms with Crippen LogP contribution in [0.2, 0.25) is 0 Å². The molecule has 0 bridgehead atoms. The number of thiocarbonyl (C=S) groups is 1. The molecule has 0 saturated carbocycles. The van der Waals surface area contributed by atoms with Crippen LogP contribution >= 0.6 is 24.0 Å². The SMILES string of the molecule is Fc1ccccc1CSCCNC(=S)Nc1ccc2c(c1)OCCO2. The number of fused-ring (bicyclic) bond motifs is 1. The number of benzene rings is 2. The molecule has 0 atom stereocenters. The van der Waals surface area contributed by atoms with Crippen molar-refractivity contribution in [2.45, 2.75) is 5.75 Å². The fourth-order valence-corrected chi connectivity index (χ4v) is 3.40. The van der Waals surface area contributed by atoms with E-state index >= 15 is 0 Å². The Morgan fingerprint density at radius 1 is 1.12 bits per heavy atom. The molecule has 4 nitrogen and oxygen atoms in total. The van der Waals surface area contributed by atoms with Gasteiger partial charge >= 0.3 is 0 Å². The van der Waals surface area contributed by atoms with Crippen molar-refractivity contribution in [3.63, 3.8) is 0 Å². The summed E-state index contributed by atoms with van der Waals surface area (Å²) in [4.78, 5) is 0. The number of rotatable bonds is 6. The zero-order valence-corrected chi connectivity index (χ0v) is 15.2. The Kier molecular flexibility index (Phi) is 6.36. The van der Waals surface area contributed by atoms with Crippen molar-refractivity contribution >= 4 is 34.8 Å². The van der Waals surface area contributed by atoms with Gasteiger partial charge in [0.1, 0.15) is 19.0 Å². The van der Waals surface area contributed by atoms with Crippen LogP contribution in [0, 0.1) is 5.82 Å². The number of thioether (sulfide) groups is 1. The molecule has 1 heterocycles. The third-order valence-corrected chi connectivity index (χ3v) is 4.80. The third-order valence-electron chi connectivity index (χ3n) is 3.55. The highest BCUT2D eigenvalue weighted by Crippen LogP contribution is 2.32. The molecule has 0 fully saturated rings. The Morgan fingerprint density at radius 2 is 1.92 bits per heavy atom. The molecule has 132 valence electrons. The minimum absolute atomic E-state index is 0.154. The number of anilines is 1. The van der Waals surface area contributed by atoms with E-state index in [1.807, 2.05) is 30.3 Å². The molecule has 7 heteroatoms. The second-order valence-corrected chi connectivity index (χ2v) is 6.90. The summed E-state index contributed by atoms with van der Waals surface area (Å²) >= 11 is 6.95. The molecule has 3 rings (SSSR count). The lowest BCUT2D eigenvalue weighted by molar-refractivity contribution is 0.171. The molecule has 0 aliphatic carbocycles. The Labute approximate surface area is 156 Å². The maximum atomic E-state index is 13.5. The lowest BCUT2D eigenvalue weighted by atomic mass is 10.2. The van der Waals surface area contributed by atoms with Crippen molar-refractivity contribution in [1.82, 2.24) is 5.32 Å². The summed E-state index contributed by atoms with van der Waals surface area (Å²) in [6.45, 7) is 1.83. The number of halogens is 1. The predicted octanol–water partition coefficient (Wildman–Crippen LogP) is 3.82. The largest absolute Gasteiger partial charge is 0.486 e. The number of nitrogens with one attached hydrogen (secondary N) is 2. The molecular weight excluding hydrogens is 359 g/mol. The summed E-state index contributed by atoms with van der Waals surface area (Å²) in [5.74, 6) is 2.80. The highest BCUT2D eigenvalue weighted by atomic mass is 32.2. The van der Waals surface area contributed by atoms with E-state index in [2.05, 4.69) is 10.6 Å². The fraction of sp³-hybridized carbons (Fsp3) is 0.278. The highest BCUT2D eigenvalue weighted by Gasteiger charge is 2.12. The van der Waals surface area contributed by atoms with E-state index in [-0.39, 0.29) is 5.82 Å². The van der Waals surface area contributed by atoms with Crippen molar-refractivity contribution in [2.24, 2.45) is 0 Å². The first-order valence-electron chi connectivity index (χ1n) is 7.98. The quantitative estimate of drug-likeness (QED) is 0.588. The predicted molar refractivity (Wildman–Crippen MR) is 104 cm³/mol. The third kappa shape index (κ3) is 5.24. The zero-order valence-electron chi connectivity index (χ0n) is 13.6. The van der Waals surface area contributed by atoms with Gasteiger partial charge in [-0.3, -0.25) is 0 Å². The summed E-state index contributed by atoms with van der Waals surface area (Å²) in [7, 11) is 0. The van der Waals surface area contributed by atoms with Gasteiger partial charge in [0.15, 0.2) is 16.6 Å². The van der Waals surface area contributed by atoms with E-state index < -0.39 is 0 Å². The van der Waals surface area contributed by atoms with Crippen LogP contribution in [0.4, 0.5) is 10.1 Å². The van der Waals surface area contributed by atoms with Gasteiger partial charge < -0.3 is 20.1 Å². The van der Waals surface area contributed by atoms with E-state index in [4.69, 9.17) is 21.7 Å². The first-order chi connectivity index (χ1) is 12.2. The van der Waals surface area contributed by atoms with Crippen LogP contribution in [-0.4, -0.2) is 30.6 Å². The van der Waals surface area contributed by atoms with E-state index in [1.54, 1.807) is 17.8 Å². The first kappa shape index (κ1) is 17.8. The summed E-state index contributed by atoms with van der Waals surface area (Å²) in [5.41, 5.74) is 1.57. The topological polar surface area (TPSA) is 42.5 Å². The molecule has 25 heavy (non-hydrogen) atoms. The second kappa shape index (κ2) is 8.92. The Hall–Kier alpha value is -1.99. The molecule has 0 radical (unpaired) electrons. The molecule has 2 N–H and O–H groups in total. The van der Waals surface area contributed by atoms with Gasteiger partial charge in [0, 0.05) is 29.8 Å². The van der Waals surface area contributed by atoms with Crippen LogP contribution in [0.25, 0.3) is 0 Å². The summed E-state index contributed by atoms with van der Waals surface area (Å²) in [5, 5.41) is 6.82. The van der Waals surface area contributed by atoms with Crippen LogP contribution in [0.1, 0.15) is 5.56 Å². The van der Waals surface area contributed by atoms with Gasteiger partial charge in [0.05, 0.1) is 0 Å². The van der Waals surface area contributed by atoms with Crippen molar-refractivity contribution in [3.05, 3.63) is 53.8 Å². The van der Waals surface area contributed by atoms with Gasteiger partial charge in [-0.05, 0) is 36.0 Å². The van der Waals surface area contributed by atoms with E-state index in [1.165, 1.54) is 6.07 Å². The van der Waals surface area contributed by atoms with Crippen molar-refractivity contribution in [2.75, 3.05) is 30.8 Å². The molecular formula is C18H19FN2O2S2. The Bertz CT molecular complexity index is 743. The molecule has 2 aromatic rings. The highest BCUT2D eigenvalue weighted by molar-refractivity contribution is 7.98. The van der Waals surface area contributed by atoms with E-state index in [0.717, 1.165) is 28.5 Å². The van der Waals surface area contributed by atoms with Crippen molar-refractivity contribution < 1.29 is 13.9 Å². The second-order valence-electron chi connectivity index (χ2n) is 5.38. The average Bonchev–Trinajstić information content (AvgIpc) is 2.63. The van der Waals surface area contributed by atoms with Gasteiger partial charge in [-0.2, -0.15) is 11.8 Å². The molecule has 0 saturated heterocycles. The molecule has 1 aliphatic rings. The van der Waals surface area contributed by atoms with Gasteiger partial charge in [-0.25, -0.2) is 4.39 Å². The lowest BCUT2D eigenvalue weighted by Gasteiger charge is -2.19. The van der Waals surface area contributed by atoms with E-state index in [9.17, 15) is 4.39 Å². The number of ether oxygens (including phenoxy) is 2. The maximum Gasteiger partial charge on any atom is 0.170 e. The molecule has 1 aliphatic heterocycles. The smallest absolute Gasteiger partial charge is 0.170 e. The molecule has 0 amide bonds. The molecule has 0 aromatic heterocycles. The summed E-state index contributed by atoms with van der Waals surface area (Å²) in [6.07, 6.45) is 0. The van der Waals surface area contributed by atoms with Crippen LogP contribution in [0.15, 0.2) is 42.5 Å². The monoisotopic (exact) mass is 378 g/mol. The summed E-state index contributed by atoms with van der Waals surface area (Å²) < 4.78 is 24.5. The van der Waals surface area contributed by atoms with Crippen LogP contribution in [0.3, 0.4) is 0 Å². The van der Waals surface area contributed by atoms with Gasteiger partial charge in [-0.15, -0.1) is 0 Å². The van der Waals surface area contributed by atoms with Gasteiger partial charge in [-0.1, -0.05) is 18.2 Å². The molecule has 2 aromatic carbocycles. The number of hydrogen-bond donors (Lipinski definition) is 2. The Balaban J connectivity index is 1.38. The zero-order chi connectivity index (χ0) is 17.5. The van der Waals surface area contributed by atoms with Crippen LogP contribution < -0.4 is 20.1 Å². The van der Waals surface area contributed by atoms with Gasteiger partial charge in [0.2, 0.25) is 0 Å². The van der Waals surface area contributed by atoms with E-state index in [0.29, 0.717) is 30.6 Å². The van der Waals surface area contributed by atoms with Crippen molar-refractivity contribution in [3.8, 4) is 11.5 Å². The Morgan fingerprint density at radius 3 is 2.76 bits per heavy atom. The fourth-order valence-electron chi connectivity index (χ4n) is 2.33. The normalized spacial score (nSPS) is 12.5. The standard InChI is InChI=1S/C18H19FN2O2S2/c19-15-4-2-1-3-13(15)12-25-10-7-20-18(24)21-14-5-6-16-17(11-14)23-9-8-22-16/h1-6,11H,7-10,12H2,(H2,20,21,24). The maximum absolute atomic E-state index is 13.5. The minimum atomic E-state index is -0.154.